The van der Waals surface area contributed by atoms with Gasteiger partial charge in [-0.25, -0.2) is 0 Å². The highest BCUT2D eigenvalue weighted by Crippen LogP contribution is 2.33. The van der Waals surface area contributed by atoms with Crippen molar-refractivity contribution in [1.82, 2.24) is 5.32 Å². The van der Waals surface area contributed by atoms with Gasteiger partial charge in [-0.1, -0.05) is 19.3 Å². The molecule has 0 heterocycles. The van der Waals surface area contributed by atoms with Crippen molar-refractivity contribution in [3.63, 3.8) is 0 Å². The van der Waals surface area contributed by atoms with Crippen LogP contribution in [0.15, 0.2) is 0 Å². The number of hydrogen-bond donors (Lipinski definition) is 2. The largest absolute Gasteiger partial charge is 0.356 e. The average molecular weight is 212 g/mol. The highest BCUT2D eigenvalue weighted by molar-refractivity contribution is 5.75. The first kappa shape index (κ1) is 12.5. The van der Waals surface area contributed by atoms with Gasteiger partial charge in [0.1, 0.15) is 0 Å². The first-order chi connectivity index (χ1) is 7.33. The molecule has 0 aromatic heterocycles. The van der Waals surface area contributed by atoms with Gasteiger partial charge in [0, 0.05) is 13.0 Å². The zero-order chi connectivity index (χ0) is 10.9. The predicted molar refractivity (Wildman–Crippen MR) is 62.5 cm³/mol. The van der Waals surface area contributed by atoms with Gasteiger partial charge in [-0.3, -0.25) is 4.79 Å². The van der Waals surface area contributed by atoms with Crippen LogP contribution in [-0.2, 0) is 4.79 Å². The van der Waals surface area contributed by atoms with Gasteiger partial charge in [0.05, 0.1) is 0 Å². The number of rotatable bonds is 9. The molecule has 0 aliphatic heterocycles. The van der Waals surface area contributed by atoms with Gasteiger partial charge in [-0.15, -0.1) is 0 Å². The molecule has 1 rings (SSSR count). The Morgan fingerprint density at radius 3 is 2.67 bits per heavy atom. The van der Waals surface area contributed by atoms with E-state index < -0.39 is 0 Å². The Bertz CT molecular complexity index is 178. The molecule has 0 saturated heterocycles. The van der Waals surface area contributed by atoms with E-state index in [9.17, 15) is 4.79 Å². The van der Waals surface area contributed by atoms with Crippen molar-refractivity contribution in [2.45, 2.75) is 51.4 Å². The summed E-state index contributed by atoms with van der Waals surface area (Å²) in [4.78, 5) is 11.3. The minimum absolute atomic E-state index is 0.211. The van der Waals surface area contributed by atoms with Gasteiger partial charge in [0.15, 0.2) is 0 Å². The molecule has 15 heavy (non-hydrogen) atoms. The van der Waals surface area contributed by atoms with Gasteiger partial charge in [0.25, 0.3) is 0 Å². The maximum Gasteiger partial charge on any atom is 0.219 e. The van der Waals surface area contributed by atoms with E-state index in [1.807, 2.05) is 0 Å². The molecular formula is C12H24N2O. The van der Waals surface area contributed by atoms with Crippen LogP contribution < -0.4 is 11.1 Å². The lowest BCUT2D eigenvalue weighted by Crippen LogP contribution is -2.24. The molecule has 3 nitrogen and oxygen atoms in total. The number of carbonyl (C=O) groups is 1. The van der Waals surface area contributed by atoms with Crippen LogP contribution in [0.1, 0.15) is 51.4 Å². The van der Waals surface area contributed by atoms with Crippen LogP contribution in [0.25, 0.3) is 0 Å². The number of carbonyl (C=O) groups excluding carboxylic acids is 1. The first-order valence-corrected chi connectivity index (χ1v) is 6.29. The Hall–Kier alpha value is -0.570. The van der Waals surface area contributed by atoms with E-state index in [-0.39, 0.29) is 5.91 Å². The van der Waals surface area contributed by atoms with Crippen LogP contribution in [0.3, 0.4) is 0 Å². The monoisotopic (exact) mass is 212 g/mol. The molecule has 0 bridgehead atoms. The topological polar surface area (TPSA) is 55.1 Å². The number of nitrogens with one attached hydrogen (secondary N) is 1. The molecule has 0 aromatic rings. The van der Waals surface area contributed by atoms with E-state index in [1.54, 1.807) is 0 Å². The van der Waals surface area contributed by atoms with Crippen LogP contribution in [0.4, 0.5) is 0 Å². The van der Waals surface area contributed by atoms with Crippen molar-refractivity contribution in [2.75, 3.05) is 13.1 Å². The second-order valence-electron chi connectivity index (χ2n) is 4.53. The van der Waals surface area contributed by atoms with Crippen LogP contribution in [0.2, 0.25) is 0 Å². The molecule has 88 valence electrons. The highest BCUT2D eigenvalue weighted by atomic mass is 16.1. The molecule has 1 saturated carbocycles. The molecule has 3 N–H and O–H groups in total. The predicted octanol–water partition coefficient (Wildman–Crippen LogP) is 1.81. The molecule has 1 aliphatic carbocycles. The van der Waals surface area contributed by atoms with Gasteiger partial charge in [0.2, 0.25) is 5.91 Å². The second kappa shape index (κ2) is 7.69. The number of amides is 1. The molecule has 0 radical (unpaired) electrons. The van der Waals surface area contributed by atoms with Gasteiger partial charge in [-0.2, -0.15) is 0 Å². The molecule has 0 aromatic carbocycles. The van der Waals surface area contributed by atoms with E-state index >= 15 is 0 Å². The minimum atomic E-state index is 0.211. The summed E-state index contributed by atoms with van der Waals surface area (Å²) in [5, 5.41) is 2.97. The summed E-state index contributed by atoms with van der Waals surface area (Å²) in [5.41, 5.74) is 5.38. The summed E-state index contributed by atoms with van der Waals surface area (Å²) in [7, 11) is 0. The maximum atomic E-state index is 11.3. The summed E-state index contributed by atoms with van der Waals surface area (Å²) >= 11 is 0. The minimum Gasteiger partial charge on any atom is -0.356 e. The number of unbranched alkanes of at least 4 members (excludes halogenated alkanes) is 2. The third-order valence-electron chi connectivity index (χ3n) is 2.92. The van der Waals surface area contributed by atoms with E-state index in [0.717, 1.165) is 44.7 Å². The fraction of sp³-hybridized carbons (Fsp3) is 0.917. The Labute approximate surface area is 92.8 Å². The van der Waals surface area contributed by atoms with Gasteiger partial charge < -0.3 is 11.1 Å². The van der Waals surface area contributed by atoms with E-state index in [4.69, 9.17) is 5.73 Å². The zero-order valence-corrected chi connectivity index (χ0v) is 9.63. The molecule has 0 unspecified atom stereocenters. The van der Waals surface area contributed by atoms with E-state index in [2.05, 4.69) is 5.32 Å². The molecule has 1 fully saturated rings. The van der Waals surface area contributed by atoms with Gasteiger partial charge in [-0.05, 0) is 38.1 Å². The zero-order valence-electron chi connectivity index (χ0n) is 9.63. The molecule has 0 atom stereocenters. The van der Waals surface area contributed by atoms with E-state index in [1.165, 1.54) is 19.3 Å². The number of hydrogen-bond acceptors (Lipinski definition) is 2. The highest BCUT2D eigenvalue weighted by Gasteiger charge is 2.19. The Morgan fingerprint density at radius 1 is 1.20 bits per heavy atom. The smallest absolute Gasteiger partial charge is 0.219 e. The third-order valence-corrected chi connectivity index (χ3v) is 2.92. The lowest BCUT2D eigenvalue weighted by molar-refractivity contribution is -0.121. The normalized spacial score (nSPS) is 15.3. The lowest BCUT2D eigenvalue weighted by atomic mass is 10.2. The SMILES string of the molecule is NCCCCCC(=O)NCCCC1CC1. The number of nitrogens with two attached hydrogens (primary N) is 1. The van der Waals surface area contributed by atoms with Crippen LogP contribution in [-0.4, -0.2) is 19.0 Å². The van der Waals surface area contributed by atoms with Crippen LogP contribution >= 0.6 is 0 Å². The third kappa shape index (κ3) is 7.37. The van der Waals surface area contributed by atoms with Crippen molar-refractivity contribution in [3.05, 3.63) is 0 Å². The van der Waals surface area contributed by atoms with Crippen molar-refractivity contribution in [2.24, 2.45) is 11.7 Å². The lowest BCUT2D eigenvalue weighted by Gasteiger charge is -2.04. The Balaban J connectivity index is 1.80. The molecule has 0 spiro atoms. The second-order valence-corrected chi connectivity index (χ2v) is 4.53. The molecule has 3 heteroatoms. The summed E-state index contributed by atoms with van der Waals surface area (Å²) in [5.74, 6) is 1.19. The van der Waals surface area contributed by atoms with Gasteiger partial charge >= 0.3 is 0 Å². The Kier molecular flexibility index (Phi) is 6.41. The summed E-state index contributed by atoms with van der Waals surface area (Å²) in [6.07, 6.45) is 9.03. The molecule has 1 aliphatic rings. The van der Waals surface area contributed by atoms with Crippen molar-refractivity contribution >= 4 is 5.91 Å². The summed E-state index contributed by atoms with van der Waals surface area (Å²) in [6.45, 7) is 1.61. The maximum absolute atomic E-state index is 11.3. The molecular weight excluding hydrogens is 188 g/mol. The average Bonchev–Trinajstić information content (AvgIpc) is 3.03. The summed E-state index contributed by atoms with van der Waals surface area (Å²) in [6, 6.07) is 0. The van der Waals surface area contributed by atoms with Crippen molar-refractivity contribution in [1.29, 1.82) is 0 Å². The first-order valence-electron chi connectivity index (χ1n) is 6.29. The Morgan fingerprint density at radius 2 is 2.00 bits per heavy atom. The summed E-state index contributed by atoms with van der Waals surface area (Å²) < 4.78 is 0. The fourth-order valence-corrected chi connectivity index (χ4v) is 1.72. The fourth-order valence-electron chi connectivity index (χ4n) is 1.72. The van der Waals surface area contributed by atoms with E-state index in [0.29, 0.717) is 6.42 Å². The quantitative estimate of drug-likeness (QED) is 0.573. The van der Waals surface area contributed by atoms with Crippen molar-refractivity contribution < 1.29 is 4.79 Å². The standard InChI is InChI=1S/C12H24N2O/c13-9-3-1-2-6-12(15)14-10-4-5-11-7-8-11/h11H,1-10,13H2,(H,14,15). The van der Waals surface area contributed by atoms with Crippen molar-refractivity contribution in [3.8, 4) is 0 Å². The molecule has 1 amide bonds. The van der Waals surface area contributed by atoms with Crippen LogP contribution in [0, 0.1) is 5.92 Å². The van der Waals surface area contributed by atoms with Crippen LogP contribution in [0.5, 0.6) is 0 Å².